The quantitative estimate of drug-likeness (QED) is 0.491. The number of methoxy groups -OCH3 is 1. The average Bonchev–Trinajstić information content (AvgIpc) is 3.31. The monoisotopic (exact) mass is 412 g/mol. The molecule has 5 heteroatoms. The molecule has 2 aromatic rings. The molecule has 0 aliphatic heterocycles. The highest BCUT2D eigenvalue weighted by Crippen LogP contribution is 2.48. The zero-order chi connectivity index (χ0) is 21.1. The Hall–Kier alpha value is -1.95. The first-order valence-electron chi connectivity index (χ1n) is 10.2. The second-order valence-corrected chi connectivity index (χ2v) is 13.3. The van der Waals surface area contributed by atoms with Gasteiger partial charge in [-0.05, 0) is 21.8 Å². The molecule has 156 valence electrons. The number of carbonyl (C=O) groups is 1. The van der Waals surface area contributed by atoms with Crippen molar-refractivity contribution in [3.8, 4) is 0 Å². The van der Waals surface area contributed by atoms with Gasteiger partial charge in [-0.15, -0.1) is 0 Å². The van der Waals surface area contributed by atoms with E-state index < -0.39 is 13.9 Å². The molecule has 0 N–H and O–H groups in total. The van der Waals surface area contributed by atoms with Gasteiger partial charge in [0.25, 0.3) is 8.32 Å². The van der Waals surface area contributed by atoms with Gasteiger partial charge >= 0.3 is 5.97 Å². The molecule has 4 nitrogen and oxygen atoms in total. The molecular weight excluding hydrogens is 380 g/mol. The largest absolute Gasteiger partial charge is 0.455 e. The predicted octanol–water partition coefficient (Wildman–Crippen LogP) is 3.53. The summed E-state index contributed by atoms with van der Waals surface area (Å²) in [5.74, 6) is -0.0515. The molecule has 1 aliphatic carbocycles. The third-order valence-electron chi connectivity index (χ3n) is 5.92. The molecule has 0 saturated heterocycles. The van der Waals surface area contributed by atoms with Crippen LogP contribution in [0, 0.1) is 5.92 Å². The van der Waals surface area contributed by atoms with Gasteiger partial charge < -0.3 is 13.9 Å². The van der Waals surface area contributed by atoms with Crippen molar-refractivity contribution in [1.82, 2.24) is 0 Å². The Morgan fingerprint density at radius 2 is 1.52 bits per heavy atom. The minimum Gasteiger partial charge on any atom is -0.455 e. The highest BCUT2D eigenvalue weighted by molar-refractivity contribution is 6.99. The summed E-state index contributed by atoms with van der Waals surface area (Å²) in [7, 11) is -1.14. The smallest absolute Gasteiger partial charge is 0.332 e. The van der Waals surface area contributed by atoms with E-state index >= 15 is 0 Å². The second kappa shape index (κ2) is 8.42. The van der Waals surface area contributed by atoms with Gasteiger partial charge in [0, 0.05) is 13.0 Å². The van der Waals surface area contributed by atoms with E-state index in [2.05, 4.69) is 76.2 Å². The van der Waals surface area contributed by atoms with E-state index in [1.165, 1.54) is 17.5 Å². The predicted molar refractivity (Wildman–Crippen MR) is 118 cm³/mol. The summed E-state index contributed by atoms with van der Waals surface area (Å²) < 4.78 is 17.7. The van der Waals surface area contributed by atoms with Gasteiger partial charge in [-0.3, -0.25) is 0 Å². The minimum absolute atomic E-state index is 0.0340. The zero-order valence-corrected chi connectivity index (χ0v) is 19.1. The van der Waals surface area contributed by atoms with Crippen molar-refractivity contribution in [3.05, 3.63) is 60.7 Å². The van der Waals surface area contributed by atoms with Gasteiger partial charge in [0.2, 0.25) is 0 Å². The van der Waals surface area contributed by atoms with Crippen LogP contribution in [0.1, 0.15) is 34.1 Å². The van der Waals surface area contributed by atoms with Crippen LogP contribution in [0.5, 0.6) is 0 Å². The van der Waals surface area contributed by atoms with Crippen molar-refractivity contribution in [3.63, 3.8) is 0 Å². The molecule has 29 heavy (non-hydrogen) atoms. The fourth-order valence-corrected chi connectivity index (χ4v) is 8.81. The fourth-order valence-electron chi connectivity index (χ4n) is 4.20. The molecule has 1 fully saturated rings. The Labute approximate surface area is 175 Å². The lowest BCUT2D eigenvalue weighted by Gasteiger charge is -2.43. The summed E-state index contributed by atoms with van der Waals surface area (Å²) >= 11 is 0. The van der Waals surface area contributed by atoms with Gasteiger partial charge in [-0.2, -0.15) is 0 Å². The number of benzene rings is 2. The van der Waals surface area contributed by atoms with Crippen LogP contribution in [0.25, 0.3) is 0 Å². The molecule has 2 unspecified atom stereocenters. The Balaban J connectivity index is 1.99. The molecule has 0 bridgehead atoms. The van der Waals surface area contributed by atoms with Crippen molar-refractivity contribution >= 4 is 24.7 Å². The van der Waals surface area contributed by atoms with Gasteiger partial charge in [0.05, 0.1) is 6.61 Å². The lowest BCUT2D eigenvalue weighted by molar-refractivity contribution is -0.158. The third kappa shape index (κ3) is 4.32. The van der Waals surface area contributed by atoms with E-state index in [0.29, 0.717) is 6.61 Å². The number of ether oxygens (including phenoxy) is 2. The van der Waals surface area contributed by atoms with Crippen molar-refractivity contribution in [1.29, 1.82) is 0 Å². The Kier molecular flexibility index (Phi) is 6.32. The summed E-state index contributed by atoms with van der Waals surface area (Å²) in [6.07, 6.45) is 0.820. The van der Waals surface area contributed by atoms with E-state index in [1.54, 1.807) is 0 Å². The van der Waals surface area contributed by atoms with Crippen molar-refractivity contribution < 1.29 is 18.7 Å². The van der Waals surface area contributed by atoms with Gasteiger partial charge in [-0.1, -0.05) is 88.4 Å². The summed E-state index contributed by atoms with van der Waals surface area (Å²) in [6, 6.07) is 21.0. The highest BCUT2D eigenvalue weighted by Gasteiger charge is 2.58. The molecule has 1 saturated carbocycles. The lowest BCUT2D eigenvalue weighted by Crippen LogP contribution is -2.67. The SMILES string of the molecule is COCC(=O)OC1(CO[Si](c2ccccc2)(c2ccccc2)C(C)(C)C)CC1C. The number of esters is 1. The molecule has 2 atom stereocenters. The topological polar surface area (TPSA) is 44.8 Å². The number of rotatable bonds is 8. The molecular formula is C24H32O4Si. The fraction of sp³-hybridized carbons (Fsp3) is 0.458. The normalized spacial score (nSPS) is 21.6. The van der Waals surface area contributed by atoms with E-state index in [0.717, 1.165) is 6.42 Å². The minimum atomic E-state index is -2.64. The van der Waals surface area contributed by atoms with Crippen LogP contribution < -0.4 is 10.4 Å². The maximum Gasteiger partial charge on any atom is 0.332 e. The van der Waals surface area contributed by atoms with Crippen LogP contribution >= 0.6 is 0 Å². The molecule has 1 aliphatic rings. The number of hydrogen-bond acceptors (Lipinski definition) is 4. The maximum atomic E-state index is 12.1. The number of hydrogen-bond donors (Lipinski definition) is 0. The molecule has 0 heterocycles. The van der Waals surface area contributed by atoms with Crippen LogP contribution in [0.2, 0.25) is 5.04 Å². The van der Waals surface area contributed by atoms with Gasteiger partial charge in [-0.25, -0.2) is 4.79 Å². The average molecular weight is 413 g/mol. The lowest BCUT2D eigenvalue weighted by atomic mass is 10.2. The van der Waals surface area contributed by atoms with E-state index in [4.69, 9.17) is 13.9 Å². The first-order chi connectivity index (χ1) is 13.7. The summed E-state index contributed by atoms with van der Waals surface area (Å²) in [5, 5.41) is 2.35. The Bertz CT molecular complexity index is 776. The molecule has 0 spiro atoms. The van der Waals surface area contributed by atoms with Gasteiger partial charge in [0.15, 0.2) is 0 Å². The van der Waals surface area contributed by atoms with E-state index in [9.17, 15) is 4.79 Å². The van der Waals surface area contributed by atoms with Crippen LogP contribution in [0.3, 0.4) is 0 Å². The summed E-state index contributed by atoms with van der Waals surface area (Å²) in [5.41, 5.74) is -0.553. The molecule has 0 aromatic heterocycles. The van der Waals surface area contributed by atoms with Crippen LogP contribution in [-0.4, -0.2) is 40.2 Å². The zero-order valence-electron chi connectivity index (χ0n) is 18.1. The van der Waals surface area contributed by atoms with Crippen molar-refractivity contribution in [2.24, 2.45) is 5.92 Å². The summed E-state index contributed by atoms with van der Waals surface area (Å²) in [6.45, 7) is 9.22. The van der Waals surface area contributed by atoms with Crippen LogP contribution in [-0.2, 0) is 18.7 Å². The molecule has 3 rings (SSSR count). The van der Waals surface area contributed by atoms with Crippen molar-refractivity contribution in [2.45, 2.75) is 44.8 Å². The maximum absolute atomic E-state index is 12.1. The van der Waals surface area contributed by atoms with Crippen LogP contribution in [0.15, 0.2) is 60.7 Å². The first kappa shape index (κ1) is 21.7. The Morgan fingerprint density at radius 1 is 1.03 bits per heavy atom. The molecule has 0 radical (unpaired) electrons. The summed E-state index contributed by atoms with van der Waals surface area (Å²) in [4.78, 5) is 12.1. The standard InChI is InChI=1S/C24H32O4Si/c1-19-16-24(19,28-22(25)17-26-5)18-27-29(23(2,3)4,20-12-8-6-9-13-20)21-14-10-7-11-15-21/h6-15,19H,16-18H2,1-5H3. The first-order valence-corrected chi connectivity index (χ1v) is 12.1. The van der Waals surface area contributed by atoms with Crippen molar-refractivity contribution in [2.75, 3.05) is 20.3 Å². The van der Waals surface area contributed by atoms with Crippen LogP contribution in [0.4, 0.5) is 0 Å². The van der Waals surface area contributed by atoms with E-state index in [1.807, 2.05) is 12.1 Å². The highest BCUT2D eigenvalue weighted by atomic mass is 28.4. The van der Waals surface area contributed by atoms with E-state index in [-0.39, 0.29) is 23.5 Å². The molecule has 2 aromatic carbocycles. The molecule has 0 amide bonds. The Morgan fingerprint density at radius 3 is 1.90 bits per heavy atom. The van der Waals surface area contributed by atoms with Gasteiger partial charge in [0.1, 0.15) is 12.2 Å². The third-order valence-corrected chi connectivity index (χ3v) is 10.9. The second-order valence-electron chi connectivity index (χ2n) is 9.03. The number of carbonyl (C=O) groups excluding carboxylic acids is 1.